The van der Waals surface area contributed by atoms with Crippen LogP contribution in [0.4, 0.5) is 0 Å². The number of aryl methyl sites for hydroxylation is 2. The van der Waals surface area contributed by atoms with Crippen LogP contribution in [0.15, 0.2) is 84.9 Å². The Morgan fingerprint density at radius 1 is 0.587 bits per heavy atom. The van der Waals surface area contributed by atoms with Gasteiger partial charge in [0.2, 0.25) is 0 Å². The quantitative estimate of drug-likeness (QED) is 0.114. The van der Waals surface area contributed by atoms with E-state index in [1.165, 1.54) is 11.1 Å². The molecule has 0 saturated heterocycles. The Balaban J connectivity index is 0.981. The van der Waals surface area contributed by atoms with E-state index in [1.807, 2.05) is 36.4 Å². The van der Waals surface area contributed by atoms with Gasteiger partial charge in [-0.3, -0.25) is 9.59 Å². The lowest BCUT2D eigenvalue weighted by atomic mass is 10.0. The van der Waals surface area contributed by atoms with E-state index in [2.05, 4.69) is 85.0 Å². The second-order valence-corrected chi connectivity index (χ2v) is 11.9. The molecular weight excluding hydrogens is 570 g/mol. The highest BCUT2D eigenvalue weighted by Crippen LogP contribution is 2.26. The summed E-state index contributed by atoms with van der Waals surface area (Å²) in [6.45, 7) is 7.08. The van der Waals surface area contributed by atoms with Gasteiger partial charge >= 0.3 is 0 Å². The number of rotatable bonds is 12. The third kappa shape index (κ3) is 6.56. The summed E-state index contributed by atoms with van der Waals surface area (Å²) in [4.78, 5) is 38.4. The van der Waals surface area contributed by atoms with Crippen molar-refractivity contribution in [2.45, 2.75) is 39.5 Å². The molecule has 2 amide bonds. The van der Waals surface area contributed by atoms with Gasteiger partial charge in [0.05, 0.1) is 33.2 Å². The summed E-state index contributed by atoms with van der Waals surface area (Å²) in [6.07, 6.45) is 3.43. The molecule has 0 fully saturated rings. The monoisotopic (exact) mass is 611 g/mol. The fraction of sp³-hybridized carbons (Fsp3) is 0.282. The predicted octanol–water partition coefficient (Wildman–Crippen LogP) is 7.09. The van der Waals surface area contributed by atoms with Crippen molar-refractivity contribution in [3.8, 4) is 0 Å². The van der Waals surface area contributed by atoms with E-state index >= 15 is 0 Å². The van der Waals surface area contributed by atoms with Crippen molar-refractivity contribution >= 4 is 55.4 Å². The van der Waals surface area contributed by atoms with Gasteiger partial charge in [-0.1, -0.05) is 74.5 Å². The molecule has 6 rings (SSSR count). The summed E-state index contributed by atoms with van der Waals surface area (Å²) in [5.41, 5.74) is 6.98. The number of carbonyl (C=O) groups is 2. The lowest BCUT2D eigenvalue weighted by molar-refractivity contribution is 0.0947. The molecule has 7 heteroatoms. The predicted molar refractivity (Wildman–Crippen MR) is 189 cm³/mol. The van der Waals surface area contributed by atoms with E-state index in [9.17, 15) is 9.59 Å². The largest absolute Gasteiger partial charge is 0.352 e. The van der Waals surface area contributed by atoms with Gasteiger partial charge in [-0.05, 0) is 81.2 Å². The summed E-state index contributed by atoms with van der Waals surface area (Å²) in [7, 11) is 2.07. The lowest BCUT2D eigenvalue weighted by Gasteiger charge is -2.17. The minimum atomic E-state index is -0.0985. The highest BCUT2D eigenvalue weighted by Gasteiger charge is 2.15. The number of fused-ring (bicyclic) bond motifs is 4. The summed E-state index contributed by atoms with van der Waals surface area (Å²) < 4.78 is 0. The number of aromatic nitrogens is 2. The molecule has 2 N–H and O–H groups in total. The molecule has 0 aliphatic rings. The van der Waals surface area contributed by atoms with Gasteiger partial charge < -0.3 is 15.5 Å². The second-order valence-electron chi connectivity index (χ2n) is 11.9. The molecule has 234 valence electrons. The van der Waals surface area contributed by atoms with Crippen molar-refractivity contribution in [1.29, 1.82) is 0 Å². The maximum absolute atomic E-state index is 13.2. The number of amides is 2. The highest BCUT2D eigenvalue weighted by atomic mass is 16.2. The molecule has 0 unspecified atom stereocenters. The van der Waals surface area contributed by atoms with Crippen LogP contribution in [0.3, 0.4) is 0 Å². The molecular formula is C39H41N5O2. The average molecular weight is 612 g/mol. The van der Waals surface area contributed by atoms with E-state index in [1.54, 1.807) is 0 Å². The summed E-state index contributed by atoms with van der Waals surface area (Å²) in [5.74, 6) is -0.197. The number of benzene rings is 4. The molecule has 2 aromatic heterocycles. The molecule has 6 aromatic rings. The first-order valence-electron chi connectivity index (χ1n) is 16.3. The lowest BCUT2D eigenvalue weighted by Crippen LogP contribution is -2.31. The van der Waals surface area contributed by atoms with Gasteiger partial charge in [0.15, 0.2) is 0 Å². The van der Waals surface area contributed by atoms with Crippen LogP contribution in [0.1, 0.15) is 58.5 Å². The average Bonchev–Trinajstić information content (AvgIpc) is 3.08. The number of carbonyl (C=O) groups excluding carboxylic acids is 2. The van der Waals surface area contributed by atoms with Crippen LogP contribution < -0.4 is 10.6 Å². The zero-order valence-electron chi connectivity index (χ0n) is 26.9. The van der Waals surface area contributed by atoms with E-state index in [-0.39, 0.29) is 11.8 Å². The summed E-state index contributed by atoms with van der Waals surface area (Å²) >= 11 is 0. The van der Waals surface area contributed by atoms with Crippen molar-refractivity contribution in [3.05, 3.63) is 107 Å². The molecule has 0 radical (unpaired) electrons. The van der Waals surface area contributed by atoms with Crippen LogP contribution in [-0.2, 0) is 12.8 Å². The zero-order valence-corrected chi connectivity index (χ0v) is 26.9. The number of pyridine rings is 2. The number of hydrogen-bond acceptors (Lipinski definition) is 5. The number of nitrogens with zero attached hydrogens (tertiary/aromatic N) is 3. The van der Waals surface area contributed by atoms with Crippen molar-refractivity contribution in [2.75, 3.05) is 33.2 Å². The minimum absolute atomic E-state index is 0.0985. The summed E-state index contributed by atoms with van der Waals surface area (Å²) in [6, 6.07) is 28.3. The normalized spacial score (nSPS) is 11.6. The first-order valence-corrected chi connectivity index (χ1v) is 16.3. The number of para-hydroxylation sites is 4. The third-order valence-corrected chi connectivity index (χ3v) is 8.76. The maximum Gasteiger partial charge on any atom is 0.253 e. The molecule has 4 aromatic carbocycles. The Bertz CT molecular complexity index is 1910. The van der Waals surface area contributed by atoms with Gasteiger partial charge in [-0.2, -0.15) is 0 Å². The second kappa shape index (κ2) is 14.0. The fourth-order valence-electron chi connectivity index (χ4n) is 6.23. The van der Waals surface area contributed by atoms with Crippen molar-refractivity contribution in [1.82, 2.24) is 25.5 Å². The third-order valence-electron chi connectivity index (χ3n) is 8.76. The molecule has 0 saturated carbocycles. The number of nitrogens with one attached hydrogen (secondary N) is 2. The summed E-state index contributed by atoms with van der Waals surface area (Å²) in [5, 5.41) is 10.3. The molecule has 0 atom stereocenters. The Morgan fingerprint density at radius 3 is 1.39 bits per heavy atom. The van der Waals surface area contributed by atoms with Gasteiger partial charge in [0, 0.05) is 34.6 Å². The van der Waals surface area contributed by atoms with Gasteiger partial charge in [0.1, 0.15) is 0 Å². The Kier molecular flexibility index (Phi) is 9.50. The molecule has 0 spiro atoms. The molecule has 7 nitrogen and oxygen atoms in total. The van der Waals surface area contributed by atoms with Crippen LogP contribution >= 0.6 is 0 Å². The highest BCUT2D eigenvalue weighted by molar-refractivity contribution is 6.09. The fourth-order valence-corrected chi connectivity index (χ4v) is 6.23. The number of hydrogen-bond donors (Lipinski definition) is 2. The van der Waals surface area contributed by atoms with Gasteiger partial charge in [0.25, 0.3) is 11.8 Å². The van der Waals surface area contributed by atoms with E-state index in [4.69, 9.17) is 9.97 Å². The molecule has 0 bridgehead atoms. The first kappa shape index (κ1) is 31.1. The van der Waals surface area contributed by atoms with Gasteiger partial charge in [-0.15, -0.1) is 0 Å². The SMILES string of the molecule is CCc1cccc2cc3cccc(C(=O)NCCCN(C)CCCNC(=O)c4cccc5cc6cccc(CC)c6nc45)c3nc12. The maximum atomic E-state index is 13.2. The smallest absolute Gasteiger partial charge is 0.253 e. The van der Waals surface area contributed by atoms with Crippen molar-refractivity contribution in [2.24, 2.45) is 0 Å². The topological polar surface area (TPSA) is 87.2 Å². The Morgan fingerprint density at radius 2 is 0.978 bits per heavy atom. The van der Waals surface area contributed by atoms with Crippen LogP contribution in [0.25, 0.3) is 43.6 Å². The van der Waals surface area contributed by atoms with Gasteiger partial charge in [-0.25, -0.2) is 9.97 Å². The molecule has 0 aliphatic heterocycles. The minimum Gasteiger partial charge on any atom is -0.352 e. The Hall–Kier alpha value is -4.88. The standard InChI is InChI=1S/C39H41N5O2/c1-4-26-12-6-14-28-24-30-16-8-18-32(36(30)42-34(26)28)38(45)40-20-10-22-44(3)23-11-21-41-39(46)33-19-9-17-31-25-29-15-7-13-27(5-2)35(29)43-37(31)33/h6-9,12-19,24-25H,4-5,10-11,20-23H2,1-3H3,(H,40,45)(H,41,46). The van der Waals surface area contributed by atoms with Crippen LogP contribution in [0, 0.1) is 0 Å². The van der Waals surface area contributed by atoms with E-state index in [0.29, 0.717) is 24.2 Å². The molecule has 46 heavy (non-hydrogen) atoms. The molecule has 0 aliphatic carbocycles. The van der Waals surface area contributed by atoms with Crippen LogP contribution in [0.2, 0.25) is 0 Å². The van der Waals surface area contributed by atoms with E-state index in [0.717, 1.165) is 82.4 Å². The van der Waals surface area contributed by atoms with E-state index < -0.39 is 0 Å². The Labute approximate surface area is 270 Å². The molecule has 2 heterocycles. The van der Waals surface area contributed by atoms with Crippen LogP contribution in [-0.4, -0.2) is 59.9 Å². The zero-order chi connectivity index (χ0) is 32.0. The van der Waals surface area contributed by atoms with Crippen molar-refractivity contribution in [3.63, 3.8) is 0 Å². The van der Waals surface area contributed by atoms with Crippen LogP contribution in [0.5, 0.6) is 0 Å². The van der Waals surface area contributed by atoms with Crippen molar-refractivity contribution < 1.29 is 9.59 Å². The first-order chi connectivity index (χ1) is 22.5.